The van der Waals surface area contributed by atoms with Crippen molar-refractivity contribution in [2.75, 3.05) is 0 Å². The molecule has 0 saturated carbocycles. The summed E-state index contributed by atoms with van der Waals surface area (Å²) in [4.78, 5) is 9.85. The molecule has 1 rings (SSSR count). The van der Waals surface area contributed by atoms with Crippen molar-refractivity contribution in [3.8, 4) is 0 Å². The predicted octanol–water partition coefficient (Wildman–Crippen LogP) is 1.61. The molecule has 0 amide bonds. The molecule has 7 heteroatoms. The second-order valence-electron chi connectivity index (χ2n) is 4.14. The van der Waals surface area contributed by atoms with Gasteiger partial charge >= 0.3 is 5.97 Å². The van der Waals surface area contributed by atoms with Crippen LogP contribution in [0.2, 0.25) is 0 Å². The van der Waals surface area contributed by atoms with Crippen molar-refractivity contribution in [3.05, 3.63) is 35.7 Å². The van der Waals surface area contributed by atoms with Gasteiger partial charge in [0, 0.05) is 12.1 Å². The molecular weight excluding hydrogens is 273 g/mol. The minimum absolute atomic E-state index is 0.267. The zero-order chi connectivity index (χ0) is 14.6. The highest BCUT2D eigenvalue weighted by Gasteiger charge is 2.19. The smallest absolute Gasteiger partial charge is 0.328 e. The average Bonchev–Trinajstić information content (AvgIpc) is 2.24. The molecule has 0 fully saturated rings. The van der Waals surface area contributed by atoms with E-state index in [1.54, 1.807) is 13.8 Å². The van der Waals surface area contributed by atoms with Crippen LogP contribution in [0.3, 0.4) is 0 Å². The number of benzene rings is 1. The highest BCUT2D eigenvalue weighted by atomic mass is 32.2. The van der Waals surface area contributed by atoms with Gasteiger partial charge in [-0.1, -0.05) is 6.07 Å². The van der Waals surface area contributed by atoms with Gasteiger partial charge in [0.1, 0.15) is 10.7 Å². The van der Waals surface area contributed by atoms with Gasteiger partial charge in [-0.2, -0.15) is 0 Å². The fraction of sp³-hybridized carbons (Fsp3) is 0.250. The standard InChI is InChI=1S/C12H14FNO4S/c1-8(2)14-19(17,18)11-5-3-9(7-10(11)13)4-6-12(15)16/h3-8,14H,1-2H3,(H,15,16)/b6-4+. The van der Waals surface area contributed by atoms with Gasteiger partial charge in [-0.25, -0.2) is 22.3 Å². The molecule has 0 spiro atoms. The Balaban J connectivity index is 3.11. The third-order valence-corrected chi connectivity index (χ3v) is 3.75. The molecule has 0 atom stereocenters. The van der Waals surface area contributed by atoms with Crippen molar-refractivity contribution in [2.24, 2.45) is 0 Å². The Labute approximate surface area is 110 Å². The summed E-state index contributed by atoms with van der Waals surface area (Å²) in [7, 11) is -3.90. The van der Waals surface area contributed by atoms with Crippen molar-refractivity contribution in [2.45, 2.75) is 24.8 Å². The van der Waals surface area contributed by atoms with Crippen molar-refractivity contribution >= 4 is 22.1 Å². The number of halogens is 1. The maximum absolute atomic E-state index is 13.7. The third kappa shape index (κ3) is 4.46. The monoisotopic (exact) mass is 287 g/mol. The minimum Gasteiger partial charge on any atom is -0.478 e. The first-order valence-electron chi connectivity index (χ1n) is 5.45. The molecular formula is C12H14FNO4S. The summed E-state index contributed by atoms with van der Waals surface area (Å²) in [5.74, 6) is -2.10. The quantitative estimate of drug-likeness (QED) is 0.806. The molecule has 0 unspecified atom stereocenters. The van der Waals surface area contributed by atoms with Crippen LogP contribution in [-0.2, 0) is 14.8 Å². The van der Waals surface area contributed by atoms with Crippen molar-refractivity contribution in [1.29, 1.82) is 0 Å². The summed E-state index contributed by atoms with van der Waals surface area (Å²) in [5.41, 5.74) is 0.267. The Morgan fingerprint density at radius 2 is 2.05 bits per heavy atom. The van der Waals surface area contributed by atoms with E-state index in [9.17, 15) is 17.6 Å². The van der Waals surface area contributed by atoms with E-state index in [1.165, 1.54) is 12.1 Å². The third-order valence-electron chi connectivity index (χ3n) is 2.05. The van der Waals surface area contributed by atoms with Gasteiger partial charge in [0.2, 0.25) is 10.0 Å². The van der Waals surface area contributed by atoms with Crippen LogP contribution in [-0.4, -0.2) is 25.5 Å². The van der Waals surface area contributed by atoms with Crippen molar-refractivity contribution in [1.82, 2.24) is 4.72 Å². The van der Waals surface area contributed by atoms with Crippen LogP contribution >= 0.6 is 0 Å². The molecule has 104 valence electrons. The number of hydrogen-bond donors (Lipinski definition) is 2. The SMILES string of the molecule is CC(C)NS(=O)(=O)c1ccc(/C=C/C(=O)O)cc1F. The summed E-state index contributed by atoms with van der Waals surface area (Å²) < 4.78 is 39.5. The summed E-state index contributed by atoms with van der Waals surface area (Å²) in [6.07, 6.45) is 2.02. The highest BCUT2D eigenvalue weighted by molar-refractivity contribution is 7.89. The molecule has 0 aromatic heterocycles. The summed E-state index contributed by atoms with van der Waals surface area (Å²) >= 11 is 0. The van der Waals surface area contributed by atoms with E-state index < -0.39 is 26.7 Å². The number of carboxylic acids is 1. The van der Waals surface area contributed by atoms with Crippen LogP contribution in [0.1, 0.15) is 19.4 Å². The summed E-state index contributed by atoms with van der Waals surface area (Å²) in [5, 5.41) is 8.44. The lowest BCUT2D eigenvalue weighted by atomic mass is 10.2. The number of aliphatic carboxylic acids is 1. The zero-order valence-electron chi connectivity index (χ0n) is 10.4. The van der Waals surface area contributed by atoms with E-state index >= 15 is 0 Å². The van der Waals surface area contributed by atoms with Crippen molar-refractivity contribution < 1.29 is 22.7 Å². The number of sulfonamides is 1. The first kappa shape index (κ1) is 15.3. The Kier molecular flexibility index (Phi) is 4.79. The van der Waals surface area contributed by atoms with Gasteiger partial charge in [-0.05, 0) is 37.6 Å². The van der Waals surface area contributed by atoms with Crippen LogP contribution in [0.5, 0.6) is 0 Å². The maximum atomic E-state index is 13.7. The molecule has 0 aliphatic heterocycles. The van der Waals surface area contributed by atoms with Gasteiger partial charge in [0.05, 0.1) is 0 Å². The Morgan fingerprint density at radius 1 is 1.42 bits per heavy atom. The van der Waals surface area contributed by atoms with Gasteiger partial charge < -0.3 is 5.11 Å². The van der Waals surface area contributed by atoms with Gasteiger partial charge in [0.25, 0.3) is 0 Å². The molecule has 5 nitrogen and oxygen atoms in total. The Hall–Kier alpha value is -1.73. The maximum Gasteiger partial charge on any atom is 0.328 e. The van der Waals surface area contributed by atoms with E-state index in [0.717, 1.165) is 18.2 Å². The lowest BCUT2D eigenvalue weighted by Crippen LogP contribution is -2.30. The molecule has 2 N–H and O–H groups in total. The largest absolute Gasteiger partial charge is 0.478 e. The topological polar surface area (TPSA) is 83.5 Å². The van der Waals surface area contributed by atoms with Crippen LogP contribution in [0.4, 0.5) is 4.39 Å². The average molecular weight is 287 g/mol. The molecule has 0 bridgehead atoms. The zero-order valence-corrected chi connectivity index (χ0v) is 11.2. The van der Waals surface area contributed by atoms with E-state index in [2.05, 4.69) is 4.72 Å². The van der Waals surface area contributed by atoms with Gasteiger partial charge in [-0.15, -0.1) is 0 Å². The van der Waals surface area contributed by atoms with Crippen LogP contribution in [0.25, 0.3) is 6.08 Å². The summed E-state index contributed by atoms with van der Waals surface area (Å²) in [6.45, 7) is 3.25. The van der Waals surface area contributed by atoms with Gasteiger partial charge in [0.15, 0.2) is 0 Å². The number of nitrogens with one attached hydrogen (secondary N) is 1. The molecule has 0 aliphatic rings. The number of rotatable bonds is 5. The molecule has 0 aliphatic carbocycles. The first-order chi connectivity index (χ1) is 8.72. The first-order valence-corrected chi connectivity index (χ1v) is 6.93. The van der Waals surface area contributed by atoms with Crippen LogP contribution < -0.4 is 4.72 Å². The molecule has 1 aromatic carbocycles. The second-order valence-corrected chi connectivity index (χ2v) is 5.82. The van der Waals surface area contributed by atoms with E-state index in [0.29, 0.717) is 0 Å². The van der Waals surface area contributed by atoms with Gasteiger partial charge in [-0.3, -0.25) is 0 Å². The lowest BCUT2D eigenvalue weighted by molar-refractivity contribution is -0.131. The number of hydrogen-bond acceptors (Lipinski definition) is 3. The molecule has 1 aromatic rings. The molecule has 0 saturated heterocycles. The predicted molar refractivity (Wildman–Crippen MR) is 68.5 cm³/mol. The Morgan fingerprint density at radius 3 is 2.53 bits per heavy atom. The molecule has 0 heterocycles. The van der Waals surface area contributed by atoms with Crippen LogP contribution in [0, 0.1) is 5.82 Å². The van der Waals surface area contributed by atoms with Crippen LogP contribution in [0.15, 0.2) is 29.2 Å². The lowest BCUT2D eigenvalue weighted by Gasteiger charge is -2.10. The van der Waals surface area contributed by atoms with E-state index in [4.69, 9.17) is 5.11 Å². The molecule has 19 heavy (non-hydrogen) atoms. The van der Waals surface area contributed by atoms with E-state index in [1.807, 2.05) is 0 Å². The highest BCUT2D eigenvalue weighted by Crippen LogP contribution is 2.17. The summed E-state index contributed by atoms with van der Waals surface area (Å²) in [6, 6.07) is 3.05. The fourth-order valence-electron chi connectivity index (χ4n) is 1.38. The number of carbonyl (C=O) groups is 1. The van der Waals surface area contributed by atoms with Crippen molar-refractivity contribution in [3.63, 3.8) is 0 Å². The second kappa shape index (κ2) is 5.94. The normalized spacial score (nSPS) is 12.2. The molecule has 0 radical (unpaired) electrons. The fourth-order valence-corrected chi connectivity index (χ4v) is 2.69. The number of carboxylic acid groups (broad SMARTS) is 1. The van der Waals surface area contributed by atoms with E-state index in [-0.39, 0.29) is 11.6 Å². The minimum atomic E-state index is -3.90. The Bertz CT molecular complexity index is 608.